The second kappa shape index (κ2) is 5.60. The van der Waals surface area contributed by atoms with Gasteiger partial charge < -0.3 is 9.84 Å². The van der Waals surface area contributed by atoms with E-state index in [9.17, 15) is 4.79 Å². The van der Waals surface area contributed by atoms with Gasteiger partial charge in [0.2, 0.25) is 0 Å². The number of hydrogen-bond acceptors (Lipinski definition) is 4. The number of carboxylic acids is 1. The Morgan fingerprint density at radius 1 is 1.56 bits per heavy atom. The van der Waals surface area contributed by atoms with Crippen LogP contribution in [0.15, 0.2) is 0 Å². The van der Waals surface area contributed by atoms with E-state index >= 15 is 0 Å². The van der Waals surface area contributed by atoms with Crippen molar-refractivity contribution >= 4 is 5.97 Å². The van der Waals surface area contributed by atoms with Crippen molar-refractivity contribution in [3.8, 4) is 0 Å². The molecule has 0 saturated heterocycles. The van der Waals surface area contributed by atoms with Crippen LogP contribution in [0.4, 0.5) is 0 Å². The minimum absolute atomic E-state index is 0.174. The SMILES string of the molecule is CC(C)Cc1nc(COCC(=O)O)n(C)n1. The summed E-state index contributed by atoms with van der Waals surface area (Å²) in [7, 11) is 1.77. The zero-order valence-corrected chi connectivity index (χ0v) is 9.80. The van der Waals surface area contributed by atoms with Gasteiger partial charge in [-0.1, -0.05) is 13.8 Å². The van der Waals surface area contributed by atoms with Gasteiger partial charge in [-0.15, -0.1) is 0 Å². The minimum Gasteiger partial charge on any atom is -0.480 e. The molecule has 0 radical (unpaired) electrons. The van der Waals surface area contributed by atoms with Gasteiger partial charge in [-0.3, -0.25) is 4.68 Å². The first kappa shape index (κ1) is 12.6. The Kier molecular flexibility index (Phi) is 4.42. The van der Waals surface area contributed by atoms with Gasteiger partial charge in [-0.2, -0.15) is 5.10 Å². The topological polar surface area (TPSA) is 77.2 Å². The fourth-order valence-corrected chi connectivity index (χ4v) is 1.28. The molecule has 0 saturated carbocycles. The lowest BCUT2D eigenvalue weighted by Crippen LogP contribution is -2.09. The largest absolute Gasteiger partial charge is 0.480 e. The average molecular weight is 227 g/mol. The van der Waals surface area contributed by atoms with Gasteiger partial charge in [0.1, 0.15) is 13.2 Å². The summed E-state index contributed by atoms with van der Waals surface area (Å²) in [4.78, 5) is 14.5. The molecule has 1 aromatic rings. The Hall–Kier alpha value is -1.43. The summed E-state index contributed by atoms with van der Waals surface area (Å²) >= 11 is 0. The normalized spacial score (nSPS) is 11.0. The van der Waals surface area contributed by atoms with E-state index in [0.29, 0.717) is 11.7 Å². The van der Waals surface area contributed by atoms with Gasteiger partial charge in [0.15, 0.2) is 11.6 Å². The predicted octanol–water partition coefficient (Wildman–Crippen LogP) is 0.615. The van der Waals surface area contributed by atoms with Gasteiger partial charge in [-0.05, 0) is 5.92 Å². The van der Waals surface area contributed by atoms with Crippen LogP contribution >= 0.6 is 0 Å². The van der Waals surface area contributed by atoms with Crippen molar-refractivity contribution in [1.29, 1.82) is 0 Å². The second-order valence-corrected chi connectivity index (χ2v) is 4.05. The Labute approximate surface area is 94.2 Å². The van der Waals surface area contributed by atoms with Crippen molar-refractivity contribution in [2.45, 2.75) is 26.9 Å². The second-order valence-electron chi connectivity index (χ2n) is 4.05. The molecule has 0 aliphatic heterocycles. The van der Waals surface area contributed by atoms with Gasteiger partial charge in [0, 0.05) is 13.5 Å². The summed E-state index contributed by atoms with van der Waals surface area (Å²) in [6.07, 6.45) is 0.812. The number of aryl methyl sites for hydroxylation is 1. The molecule has 0 aromatic carbocycles. The molecule has 1 aromatic heterocycles. The van der Waals surface area contributed by atoms with E-state index in [0.717, 1.165) is 12.2 Å². The molecule has 1 rings (SSSR count). The predicted molar refractivity (Wildman–Crippen MR) is 56.8 cm³/mol. The van der Waals surface area contributed by atoms with Crippen LogP contribution in [-0.2, 0) is 29.6 Å². The fourth-order valence-electron chi connectivity index (χ4n) is 1.28. The highest BCUT2D eigenvalue weighted by molar-refractivity contribution is 5.67. The highest BCUT2D eigenvalue weighted by Crippen LogP contribution is 2.05. The van der Waals surface area contributed by atoms with Gasteiger partial charge in [0.05, 0.1) is 0 Å². The lowest BCUT2D eigenvalue weighted by Gasteiger charge is -1.99. The number of carboxylic acid groups (broad SMARTS) is 1. The number of nitrogens with zero attached hydrogens (tertiary/aromatic N) is 3. The Morgan fingerprint density at radius 3 is 2.81 bits per heavy atom. The van der Waals surface area contributed by atoms with Crippen LogP contribution in [0.5, 0.6) is 0 Å². The molecule has 6 heteroatoms. The number of rotatable bonds is 6. The number of carbonyl (C=O) groups is 1. The summed E-state index contributed by atoms with van der Waals surface area (Å²) in [5.74, 6) is 0.933. The number of ether oxygens (including phenoxy) is 1. The summed E-state index contributed by atoms with van der Waals surface area (Å²) in [5.41, 5.74) is 0. The maximum absolute atomic E-state index is 10.3. The molecule has 0 amide bonds. The maximum Gasteiger partial charge on any atom is 0.329 e. The molecular formula is C10H17N3O3. The Bertz CT molecular complexity index is 360. The standard InChI is InChI=1S/C10H17N3O3/c1-7(2)4-8-11-9(13(3)12-8)5-16-6-10(14)15/h7H,4-6H2,1-3H3,(H,14,15). The Balaban J connectivity index is 2.53. The number of aromatic nitrogens is 3. The van der Waals surface area contributed by atoms with Crippen molar-refractivity contribution < 1.29 is 14.6 Å². The molecule has 1 heterocycles. The first-order valence-electron chi connectivity index (χ1n) is 5.17. The third-order valence-corrected chi connectivity index (χ3v) is 1.94. The quantitative estimate of drug-likeness (QED) is 0.770. The smallest absolute Gasteiger partial charge is 0.329 e. The van der Waals surface area contributed by atoms with Gasteiger partial charge in [0.25, 0.3) is 0 Å². The van der Waals surface area contributed by atoms with Crippen LogP contribution < -0.4 is 0 Å². The first-order chi connectivity index (χ1) is 7.49. The first-order valence-corrected chi connectivity index (χ1v) is 5.17. The molecule has 0 unspecified atom stereocenters. The molecule has 16 heavy (non-hydrogen) atoms. The van der Waals surface area contributed by atoms with Crippen molar-refractivity contribution in [2.75, 3.05) is 6.61 Å². The summed E-state index contributed by atoms with van der Waals surface area (Å²) in [6.45, 7) is 4.05. The molecule has 90 valence electrons. The zero-order chi connectivity index (χ0) is 12.1. The molecule has 0 spiro atoms. The third-order valence-electron chi connectivity index (χ3n) is 1.94. The van der Waals surface area contributed by atoms with Crippen LogP contribution in [0, 0.1) is 5.92 Å². The maximum atomic E-state index is 10.3. The average Bonchev–Trinajstić information content (AvgIpc) is 2.45. The van der Waals surface area contributed by atoms with E-state index in [4.69, 9.17) is 9.84 Å². The number of aliphatic carboxylic acids is 1. The van der Waals surface area contributed by atoms with E-state index in [1.807, 2.05) is 0 Å². The van der Waals surface area contributed by atoms with E-state index < -0.39 is 5.97 Å². The molecule has 0 aliphatic carbocycles. The van der Waals surface area contributed by atoms with E-state index in [1.165, 1.54) is 0 Å². The summed E-state index contributed by atoms with van der Waals surface area (Å²) < 4.78 is 6.58. The van der Waals surface area contributed by atoms with Crippen LogP contribution in [-0.4, -0.2) is 32.4 Å². The molecule has 0 aliphatic rings. The third kappa shape index (κ3) is 3.98. The molecule has 0 atom stereocenters. The van der Waals surface area contributed by atoms with E-state index in [1.54, 1.807) is 11.7 Å². The van der Waals surface area contributed by atoms with Gasteiger partial charge >= 0.3 is 5.97 Å². The molecule has 6 nitrogen and oxygen atoms in total. The number of hydrogen-bond donors (Lipinski definition) is 1. The van der Waals surface area contributed by atoms with Crippen molar-refractivity contribution in [2.24, 2.45) is 13.0 Å². The summed E-state index contributed by atoms with van der Waals surface area (Å²) in [6, 6.07) is 0. The van der Waals surface area contributed by atoms with Gasteiger partial charge in [-0.25, -0.2) is 9.78 Å². The van der Waals surface area contributed by atoms with Crippen molar-refractivity contribution in [3.63, 3.8) is 0 Å². The van der Waals surface area contributed by atoms with Crippen molar-refractivity contribution in [1.82, 2.24) is 14.8 Å². The summed E-state index contributed by atoms with van der Waals surface area (Å²) in [5, 5.41) is 12.6. The van der Waals surface area contributed by atoms with Crippen molar-refractivity contribution in [3.05, 3.63) is 11.6 Å². The fraction of sp³-hybridized carbons (Fsp3) is 0.700. The van der Waals surface area contributed by atoms with Crippen LogP contribution in [0.25, 0.3) is 0 Å². The lowest BCUT2D eigenvalue weighted by molar-refractivity contribution is -0.142. The highest BCUT2D eigenvalue weighted by Gasteiger charge is 2.09. The lowest BCUT2D eigenvalue weighted by atomic mass is 10.1. The minimum atomic E-state index is -0.982. The Morgan fingerprint density at radius 2 is 2.25 bits per heavy atom. The van der Waals surface area contributed by atoms with E-state index in [-0.39, 0.29) is 13.2 Å². The molecule has 0 fully saturated rings. The molecule has 0 bridgehead atoms. The van der Waals surface area contributed by atoms with Crippen LogP contribution in [0.2, 0.25) is 0 Å². The highest BCUT2D eigenvalue weighted by atomic mass is 16.5. The monoisotopic (exact) mass is 227 g/mol. The van der Waals surface area contributed by atoms with Crippen LogP contribution in [0.3, 0.4) is 0 Å². The van der Waals surface area contributed by atoms with Crippen LogP contribution in [0.1, 0.15) is 25.5 Å². The molecular weight excluding hydrogens is 210 g/mol. The van der Waals surface area contributed by atoms with E-state index in [2.05, 4.69) is 23.9 Å². The zero-order valence-electron chi connectivity index (χ0n) is 9.80. The molecule has 1 N–H and O–H groups in total.